The highest BCUT2D eigenvalue weighted by Gasteiger charge is 2.33. The summed E-state index contributed by atoms with van der Waals surface area (Å²) >= 11 is 0. The first-order chi connectivity index (χ1) is 13.9. The molecular formula is C23H22FN3O2. The van der Waals surface area contributed by atoms with Crippen molar-refractivity contribution < 1.29 is 9.13 Å². The normalized spacial score (nSPS) is 14.8. The Hall–Kier alpha value is -3.17. The first-order valence-corrected chi connectivity index (χ1v) is 9.62. The molecule has 3 aromatic rings. The van der Waals surface area contributed by atoms with Gasteiger partial charge in [-0.25, -0.2) is 4.39 Å². The summed E-state index contributed by atoms with van der Waals surface area (Å²) in [6.07, 6.45) is 1.41. The van der Waals surface area contributed by atoms with Gasteiger partial charge in [-0.1, -0.05) is 44.2 Å². The first kappa shape index (κ1) is 19.2. The van der Waals surface area contributed by atoms with Crippen LogP contribution in [0.1, 0.15) is 30.5 Å². The maximum atomic E-state index is 15.5. The highest BCUT2D eigenvalue weighted by Crippen LogP contribution is 2.42. The Morgan fingerprint density at radius 1 is 1.21 bits per heavy atom. The molecule has 0 saturated carbocycles. The van der Waals surface area contributed by atoms with Gasteiger partial charge in [-0.15, -0.1) is 0 Å². The standard InChI is InChI=1S/C23H22FN3O2/c1-23(2,16-6-4-3-5-7-16)19-20-17(22(28)15(13-25)14-26-20)12-18(24)21(19)27-8-10-29-11-9-27/h3-7,12,14H,8-11H2,1-2H3,(H,26,28). The van der Waals surface area contributed by atoms with Crippen molar-refractivity contribution in [3.05, 3.63) is 75.3 Å². The second-order valence-corrected chi connectivity index (χ2v) is 7.74. The summed E-state index contributed by atoms with van der Waals surface area (Å²) in [5.74, 6) is -0.459. The van der Waals surface area contributed by atoms with Crippen LogP contribution in [0.25, 0.3) is 10.9 Å². The van der Waals surface area contributed by atoms with Gasteiger partial charge in [-0.2, -0.15) is 5.26 Å². The Balaban J connectivity index is 2.09. The fourth-order valence-electron chi connectivity index (χ4n) is 4.11. The van der Waals surface area contributed by atoms with Crippen molar-refractivity contribution in [2.24, 2.45) is 0 Å². The third-order valence-electron chi connectivity index (χ3n) is 5.67. The molecule has 1 aromatic heterocycles. The monoisotopic (exact) mass is 391 g/mol. The average molecular weight is 391 g/mol. The topological polar surface area (TPSA) is 69.1 Å². The van der Waals surface area contributed by atoms with Crippen LogP contribution in [-0.2, 0) is 10.2 Å². The van der Waals surface area contributed by atoms with Crippen molar-refractivity contribution in [3.63, 3.8) is 0 Å². The number of hydrogen-bond donors (Lipinski definition) is 1. The molecule has 29 heavy (non-hydrogen) atoms. The largest absolute Gasteiger partial charge is 0.378 e. The van der Waals surface area contributed by atoms with E-state index in [4.69, 9.17) is 4.74 Å². The zero-order valence-corrected chi connectivity index (χ0v) is 16.5. The lowest BCUT2D eigenvalue weighted by atomic mass is 9.75. The number of nitrogens with one attached hydrogen (secondary N) is 1. The number of morpholine rings is 1. The molecule has 1 aliphatic heterocycles. The summed E-state index contributed by atoms with van der Waals surface area (Å²) in [5.41, 5.74) is 1.68. The Labute approximate surface area is 168 Å². The van der Waals surface area contributed by atoms with E-state index >= 15 is 4.39 Å². The average Bonchev–Trinajstić information content (AvgIpc) is 2.75. The number of rotatable bonds is 3. The molecule has 5 nitrogen and oxygen atoms in total. The van der Waals surface area contributed by atoms with E-state index in [2.05, 4.69) is 4.98 Å². The third-order valence-corrected chi connectivity index (χ3v) is 5.67. The lowest BCUT2D eigenvalue weighted by Crippen LogP contribution is -2.39. The van der Waals surface area contributed by atoms with Gasteiger partial charge < -0.3 is 14.6 Å². The quantitative estimate of drug-likeness (QED) is 0.739. The molecule has 1 N–H and O–H groups in total. The van der Waals surface area contributed by atoms with Crippen LogP contribution in [-0.4, -0.2) is 31.3 Å². The van der Waals surface area contributed by atoms with Gasteiger partial charge in [-0.3, -0.25) is 4.79 Å². The number of halogens is 1. The maximum absolute atomic E-state index is 15.5. The minimum Gasteiger partial charge on any atom is -0.378 e. The van der Waals surface area contributed by atoms with Gasteiger partial charge in [0.25, 0.3) is 0 Å². The number of fused-ring (bicyclic) bond motifs is 1. The SMILES string of the molecule is CC(C)(c1ccccc1)c1c(N2CCOCC2)c(F)cc2c(=O)c(C#N)c[nH]c12. The summed E-state index contributed by atoms with van der Waals surface area (Å²) < 4.78 is 21.0. The van der Waals surface area contributed by atoms with E-state index in [0.717, 1.165) is 5.56 Å². The predicted octanol–water partition coefficient (Wildman–Crippen LogP) is 3.70. The molecule has 0 spiro atoms. The van der Waals surface area contributed by atoms with Crippen molar-refractivity contribution in [2.45, 2.75) is 19.3 Å². The summed E-state index contributed by atoms with van der Waals surface area (Å²) in [6.45, 7) is 6.23. The zero-order valence-electron chi connectivity index (χ0n) is 16.5. The molecule has 0 atom stereocenters. The van der Waals surface area contributed by atoms with E-state index in [1.807, 2.05) is 55.1 Å². The van der Waals surface area contributed by atoms with E-state index in [1.165, 1.54) is 12.3 Å². The van der Waals surface area contributed by atoms with Crippen LogP contribution < -0.4 is 10.3 Å². The number of H-pyrrole nitrogens is 1. The molecule has 2 aromatic carbocycles. The number of nitriles is 1. The third kappa shape index (κ3) is 3.18. The van der Waals surface area contributed by atoms with Crippen LogP contribution in [0.15, 0.2) is 47.4 Å². The van der Waals surface area contributed by atoms with Gasteiger partial charge in [0.2, 0.25) is 5.43 Å². The molecule has 148 valence electrons. The maximum Gasteiger partial charge on any atom is 0.207 e. The van der Waals surface area contributed by atoms with Gasteiger partial charge in [0.1, 0.15) is 17.4 Å². The fourth-order valence-corrected chi connectivity index (χ4v) is 4.11. The fraction of sp³-hybridized carbons (Fsp3) is 0.304. The molecule has 0 aliphatic carbocycles. The van der Waals surface area contributed by atoms with Crippen molar-refractivity contribution >= 4 is 16.6 Å². The molecule has 0 amide bonds. The van der Waals surface area contributed by atoms with Crippen LogP contribution in [0.5, 0.6) is 0 Å². The molecule has 0 radical (unpaired) electrons. The lowest BCUT2D eigenvalue weighted by Gasteiger charge is -2.36. The second-order valence-electron chi connectivity index (χ2n) is 7.74. The molecule has 1 saturated heterocycles. The van der Waals surface area contributed by atoms with Crippen molar-refractivity contribution in [3.8, 4) is 6.07 Å². The number of pyridine rings is 1. The Kier molecular flexibility index (Phi) is 4.85. The molecule has 2 heterocycles. The van der Waals surface area contributed by atoms with Gasteiger partial charge in [0.05, 0.1) is 29.8 Å². The smallest absolute Gasteiger partial charge is 0.207 e. The number of ether oxygens (including phenoxy) is 1. The second kappa shape index (κ2) is 7.34. The highest BCUT2D eigenvalue weighted by molar-refractivity contribution is 5.90. The molecule has 0 bridgehead atoms. The number of aromatic nitrogens is 1. The van der Waals surface area contributed by atoms with E-state index in [-0.39, 0.29) is 10.9 Å². The molecule has 0 unspecified atom stereocenters. The number of nitrogens with zero attached hydrogens (tertiary/aromatic N) is 2. The first-order valence-electron chi connectivity index (χ1n) is 9.62. The number of aromatic amines is 1. The van der Waals surface area contributed by atoms with Crippen LogP contribution in [0.4, 0.5) is 10.1 Å². The van der Waals surface area contributed by atoms with Crippen LogP contribution in [0.3, 0.4) is 0 Å². The Morgan fingerprint density at radius 3 is 2.55 bits per heavy atom. The minimum absolute atomic E-state index is 0.0283. The lowest BCUT2D eigenvalue weighted by molar-refractivity contribution is 0.122. The van der Waals surface area contributed by atoms with Gasteiger partial charge in [0.15, 0.2) is 0 Å². The summed E-state index contributed by atoms with van der Waals surface area (Å²) in [4.78, 5) is 17.9. The molecule has 1 fully saturated rings. The van der Waals surface area contributed by atoms with Crippen molar-refractivity contribution in [1.29, 1.82) is 5.26 Å². The Morgan fingerprint density at radius 2 is 1.90 bits per heavy atom. The zero-order chi connectivity index (χ0) is 20.6. The molecule has 1 aliphatic rings. The van der Waals surface area contributed by atoms with E-state index in [0.29, 0.717) is 43.1 Å². The van der Waals surface area contributed by atoms with Crippen LogP contribution in [0.2, 0.25) is 0 Å². The number of benzene rings is 2. The van der Waals surface area contributed by atoms with Crippen LogP contribution >= 0.6 is 0 Å². The van der Waals surface area contributed by atoms with Gasteiger partial charge in [0, 0.05) is 30.3 Å². The number of hydrogen-bond acceptors (Lipinski definition) is 4. The molecular weight excluding hydrogens is 369 g/mol. The van der Waals surface area contributed by atoms with E-state index in [9.17, 15) is 10.1 Å². The van der Waals surface area contributed by atoms with Gasteiger partial charge in [-0.05, 0) is 11.6 Å². The Bertz CT molecular complexity index is 1160. The summed E-state index contributed by atoms with van der Waals surface area (Å²) in [7, 11) is 0. The van der Waals surface area contributed by atoms with Crippen molar-refractivity contribution in [1.82, 2.24) is 4.98 Å². The minimum atomic E-state index is -0.591. The summed E-state index contributed by atoms with van der Waals surface area (Å²) in [5, 5.41) is 9.42. The van der Waals surface area contributed by atoms with E-state index < -0.39 is 16.7 Å². The van der Waals surface area contributed by atoms with E-state index in [1.54, 1.807) is 0 Å². The summed E-state index contributed by atoms with van der Waals surface area (Å²) in [6, 6.07) is 13.0. The number of anilines is 1. The van der Waals surface area contributed by atoms with Gasteiger partial charge >= 0.3 is 0 Å². The predicted molar refractivity (Wildman–Crippen MR) is 111 cm³/mol. The van der Waals surface area contributed by atoms with Crippen LogP contribution in [0, 0.1) is 17.1 Å². The van der Waals surface area contributed by atoms with Crippen molar-refractivity contribution in [2.75, 3.05) is 31.2 Å². The molecule has 4 rings (SSSR count). The highest BCUT2D eigenvalue weighted by atomic mass is 19.1. The molecule has 6 heteroatoms.